The van der Waals surface area contributed by atoms with Crippen LogP contribution in [-0.4, -0.2) is 10.2 Å². The van der Waals surface area contributed by atoms with E-state index < -0.39 is 0 Å². The molecule has 21 heavy (non-hydrogen) atoms. The number of fused-ring (bicyclic) bond motifs is 3. The second kappa shape index (κ2) is 4.60. The quantitative estimate of drug-likeness (QED) is 0.571. The second-order valence-corrected chi connectivity index (χ2v) is 5.48. The van der Waals surface area contributed by atoms with Crippen molar-refractivity contribution in [1.29, 1.82) is 0 Å². The molecule has 2 N–H and O–H groups in total. The van der Waals surface area contributed by atoms with Crippen molar-refractivity contribution in [3.63, 3.8) is 0 Å². The van der Waals surface area contributed by atoms with Crippen molar-refractivity contribution in [3.8, 4) is 11.3 Å². The molecule has 104 valence electrons. The van der Waals surface area contributed by atoms with Crippen LogP contribution >= 0.6 is 11.6 Å². The molecule has 0 saturated carbocycles. The largest absolute Gasteiger partial charge is 0.338 e. The minimum absolute atomic E-state index is 0.276. The predicted molar refractivity (Wildman–Crippen MR) is 81.5 cm³/mol. The van der Waals surface area contributed by atoms with Gasteiger partial charge in [0.25, 0.3) is 0 Å². The molecular formula is C16H11ClFN3. The first-order valence-corrected chi connectivity index (χ1v) is 6.97. The standard InChI is InChI=1S/C16H11ClFN3/c17-10-4-5-13-9(6-10)7-14-15(13)20-21-16(14)19-12-3-1-2-11(18)8-12/h1-6,8H,7H2,(H2,19,20,21). The molecule has 1 aliphatic rings. The van der Waals surface area contributed by atoms with E-state index in [1.807, 2.05) is 24.3 Å². The molecule has 1 aromatic heterocycles. The van der Waals surface area contributed by atoms with Gasteiger partial charge in [-0.05, 0) is 35.9 Å². The summed E-state index contributed by atoms with van der Waals surface area (Å²) in [6, 6.07) is 12.2. The van der Waals surface area contributed by atoms with Gasteiger partial charge in [0.1, 0.15) is 5.82 Å². The van der Waals surface area contributed by atoms with E-state index in [0.29, 0.717) is 5.69 Å². The number of aromatic amines is 1. The van der Waals surface area contributed by atoms with Crippen LogP contribution in [0.4, 0.5) is 15.9 Å². The fourth-order valence-corrected chi connectivity index (χ4v) is 2.90. The van der Waals surface area contributed by atoms with Gasteiger partial charge in [-0.15, -0.1) is 0 Å². The summed E-state index contributed by atoms with van der Waals surface area (Å²) in [6.07, 6.45) is 0.763. The highest BCUT2D eigenvalue weighted by Crippen LogP contribution is 2.40. The van der Waals surface area contributed by atoms with E-state index in [1.54, 1.807) is 6.07 Å². The summed E-state index contributed by atoms with van der Waals surface area (Å²) in [7, 11) is 0. The summed E-state index contributed by atoms with van der Waals surface area (Å²) < 4.78 is 13.2. The lowest BCUT2D eigenvalue weighted by Gasteiger charge is -2.04. The van der Waals surface area contributed by atoms with Gasteiger partial charge in [0.2, 0.25) is 0 Å². The first-order valence-electron chi connectivity index (χ1n) is 6.59. The first kappa shape index (κ1) is 12.4. The van der Waals surface area contributed by atoms with Crippen LogP contribution in [0.3, 0.4) is 0 Å². The number of nitrogens with one attached hydrogen (secondary N) is 2. The number of hydrogen-bond donors (Lipinski definition) is 2. The van der Waals surface area contributed by atoms with Gasteiger partial charge < -0.3 is 5.32 Å². The van der Waals surface area contributed by atoms with Crippen LogP contribution in [0.25, 0.3) is 11.3 Å². The van der Waals surface area contributed by atoms with Crippen molar-refractivity contribution in [2.75, 3.05) is 5.32 Å². The number of benzene rings is 2. The van der Waals surface area contributed by atoms with Gasteiger partial charge in [-0.2, -0.15) is 5.10 Å². The van der Waals surface area contributed by atoms with E-state index in [2.05, 4.69) is 15.5 Å². The molecule has 3 nitrogen and oxygen atoms in total. The Hall–Kier alpha value is -2.33. The monoisotopic (exact) mass is 299 g/mol. The molecule has 0 unspecified atom stereocenters. The fourth-order valence-electron chi connectivity index (χ4n) is 2.71. The third-order valence-corrected chi connectivity index (χ3v) is 3.89. The van der Waals surface area contributed by atoms with Crippen LogP contribution in [0.2, 0.25) is 5.02 Å². The van der Waals surface area contributed by atoms with Crippen LogP contribution < -0.4 is 5.32 Å². The maximum atomic E-state index is 13.2. The van der Waals surface area contributed by atoms with Crippen LogP contribution in [0.5, 0.6) is 0 Å². The smallest absolute Gasteiger partial charge is 0.156 e. The number of anilines is 2. The molecule has 0 atom stereocenters. The molecule has 0 spiro atoms. The summed E-state index contributed by atoms with van der Waals surface area (Å²) in [6.45, 7) is 0. The highest BCUT2D eigenvalue weighted by Gasteiger charge is 2.24. The molecule has 0 amide bonds. The van der Waals surface area contributed by atoms with E-state index >= 15 is 0 Å². The maximum Gasteiger partial charge on any atom is 0.156 e. The predicted octanol–water partition coefficient (Wildman–Crippen LogP) is 4.52. The number of H-pyrrole nitrogens is 1. The Morgan fingerprint density at radius 1 is 1.19 bits per heavy atom. The van der Waals surface area contributed by atoms with Gasteiger partial charge in [0.05, 0.1) is 5.69 Å². The zero-order valence-electron chi connectivity index (χ0n) is 11.0. The Kier molecular flexibility index (Phi) is 2.72. The average molecular weight is 300 g/mol. The lowest BCUT2D eigenvalue weighted by Crippen LogP contribution is -1.95. The highest BCUT2D eigenvalue weighted by molar-refractivity contribution is 6.30. The Morgan fingerprint density at radius 2 is 2.10 bits per heavy atom. The number of halogens is 2. The number of aromatic nitrogens is 2. The van der Waals surface area contributed by atoms with Gasteiger partial charge >= 0.3 is 0 Å². The van der Waals surface area contributed by atoms with E-state index in [1.165, 1.54) is 17.7 Å². The Morgan fingerprint density at radius 3 is 2.95 bits per heavy atom. The van der Waals surface area contributed by atoms with E-state index in [4.69, 9.17) is 11.6 Å². The summed E-state index contributed by atoms with van der Waals surface area (Å²) >= 11 is 6.04. The number of nitrogens with zero attached hydrogens (tertiary/aromatic N) is 1. The van der Waals surface area contributed by atoms with Crippen molar-refractivity contribution in [1.82, 2.24) is 10.2 Å². The Bertz CT molecular complexity index is 841. The fraction of sp³-hybridized carbons (Fsp3) is 0.0625. The lowest BCUT2D eigenvalue weighted by atomic mass is 10.1. The Balaban J connectivity index is 1.71. The van der Waals surface area contributed by atoms with E-state index in [0.717, 1.165) is 34.1 Å². The molecule has 4 rings (SSSR count). The molecule has 0 aliphatic heterocycles. The minimum Gasteiger partial charge on any atom is -0.338 e. The summed E-state index contributed by atoms with van der Waals surface area (Å²) in [5, 5.41) is 11.2. The van der Waals surface area contributed by atoms with E-state index in [-0.39, 0.29) is 5.82 Å². The third-order valence-electron chi connectivity index (χ3n) is 3.66. The molecule has 1 heterocycles. The summed E-state index contributed by atoms with van der Waals surface area (Å²) in [5.41, 5.74) is 5.05. The molecule has 0 radical (unpaired) electrons. The lowest BCUT2D eigenvalue weighted by molar-refractivity contribution is 0.628. The summed E-state index contributed by atoms with van der Waals surface area (Å²) in [4.78, 5) is 0. The van der Waals surface area contributed by atoms with Gasteiger partial charge in [-0.1, -0.05) is 23.7 Å². The van der Waals surface area contributed by atoms with Crippen LogP contribution in [0.1, 0.15) is 11.1 Å². The van der Waals surface area contributed by atoms with Gasteiger partial charge in [-0.25, -0.2) is 4.39 Å². The molecule has 5 heteroatoms. The van der Waals surface area contributed by atoms with Gasteiger partial charge in [0.15, 0.2) is 5.82 Å². The van der Waals surface area contributed by atoms with Crippen molar-refractivity contribution in [2.24, 2.45) is 0 Å². The average Bonchev–Trinajstić information content (AvgIpc) is 2.98. The molecule has 0 fully saturated rings. The third kappa shape index (κ3) is 2.08. The molecule has 0 saturated heterocycles. The normalized spacial score (nSPS) is 12.1. The number of hydrogen-bond acceptors (Lipinski definition) is 2. The van der Waals surface area contributed by atoms with Gasteiger partial charge in [0, 0.05) is 28.3 Å². The number of rotatable bonds is 2. The zero-order chi connectivity index (χ0) is 14.4. The van der Waals surface area contributed by atoms with Crippen molar-refractivity contribution < 1.29 is 4.39 Å². The minimum atomic E-state index is -0.276. The molecule has 1 aliphatic carbocycles. The van der Waals surface area contributed by atoms with E-state index in [9.17, 15) is 4.39 Å². The summed E-state index contributed by atoms with van der Waals surface area (Å²) in [5.74, 6) is 0.449. The first-order chi connectivity index (χ1) is 10.2. The Labute approximate surface area is 125 Å². The topological polar surface area (TPSA) is 40.7 Å². The maximum absolute atomic E-state index is 13.2. The SMILES string of the molecule is Fc1cccc(Nc2n[nH]c3c2Cc2cc(Cl)ccc2-3)c1. The molecule has 3 aromatic rings. The van der Waals surface area contributed by atoms with Crippen LogP contribution in [0.15, 0.2) is 42.5 Å². The van der Waals surface area contributed by atoms with Crippen molar-refractivity contribution in [3.05, 3.63) is 64.4 Å². The second-order valence-electron chi connectivity index (χ2n) is 5.04. The zero-order valence-corrected chi connectivity index (χ0v) is 11.7. The van der Waals surface area contributed by atoms with Crippen molar-refractivity contribution in [2.45, 2.75) is 6.42 Å². The molecule has 2 aromatic carbocycles. The molecule has 0 bridgehead atoms. The van der Waals surface area contributed by atoms with Crippen LogP contribution in [0, 0.1) is 5.82 Å². The highest BCUT2D eigenvalue weighted by atomic mass is 35.5. The van der Waals surface area contributed by atoms with Gasteiger partial charge in [-0.3, -0.25) is 5.10 Å². The van der Waals surface area contributed by atoms with Crippen LogP contribution in [-0.2, 0) is 6.42 Å². The van der Waals surface area contributed by atoms with Crippen molar-refractivity contribution >= 4 is 23.1 Å². The molecular weight excluding hydrogens is 289 g/mol.